The van der Waals surface area contributed by atoms with Crippen LogP contribution in [0.15, 0.2) is 109 Å². The second-order valence-electron chi connectivity index (χ2n) is 7.60. The van der Waals surface area contributed by atoms with Crippen molar-refractivity contribution in [1.29, 1.82) is 0 Å². The number of rotatable bonds is 2. The van der Waals surface area contributed by atoms with Gasteiger partial charge in [-0.1, -0.05) is 97.1 Å². The smallest absolute Gasteiger partial charge is 0.132 e. The Kier molecular flexibility index (Phi) is 4.22. The van der Waals surface area contributed by atoms with Crippen molar-refractivity contribution in [2.24, 2.45) is 0 Å². The summed E-state index contributed by atoms with van der Waals surface area (Å²) in [5.74, 6) is 1.92. The van der Waals surface area contributed by atoms with Gasteiger partial charge in [0.15, 0.2) is 0 Å². The Hall–Kier alpha value is -2.62. The summed E-state index contributed by atoms with van der Waals surface area (Å²) in [6, 6.07) is 39.1. The number of hydrogen-bond acceptors (Lipinski definition) is 3. The van der Waals surface area contributed by atoms with Crippen LogP contribution in [0, 0.1) is 0 Å². The molecular weight excluding hydrogens is 404 g/mol. The summed E-state index contributed by atoms with van der Waals surface area (Å²) in [5, 5.41) is 1.01. The van der Waals surface area contributed by atoms with Crippen LogP contribution < -0.4 is 4.74 Å². The molecule has 0 amide bonds. The van der Waals surface area contributed by atoms with E-state index in [1.54, 1.807) is 0 Å². The Balaban J connectivity index is 1.77. The molecule has 1 nitrogen and oxygen atoms in total. The van der Waals surface area contributed by atoms with Crippen molar-refractivity contribution in [3.63, 3.8) is 0 Å². The predicted molar refractivity (Wildman–Crippen MR) is 127 cm³/mol. The van der Waals surface area contributed by atoms with E-state index in [9.17, 15) is 0 Å². The third kappa shape index (κ3) is 2.33. The van der Waals surface area contributed by atoms with Crippen molar-refractivity contribution in [3.05, 3.63) is 131 Å². The minimum Gasteiger partial charge on any atom is -0.457 e. The van der Waals surface area contributed by atoms with E-state index in [4.69, 9.17) is 4.74 Å². The first-order valence-electron chi connectivity index (χ1n) is 10.1. The summed E-state index contributed by atoms with van der Waals surface area (Å²) in [6.07, 6.45) is 0. The summed E-state index contributed by atoms with van der Waals surface area (Å²) in [4.78, 5) is 0. The Morgan fingerprint density at radius 1 is 0.500 bits per heavy atom. The Bertz CT molecular complexity index is 1120. The summed E-state index contributed by atoms with van der Waals surface area (Å²) in [6.45, 7) is 0. The molecule has 1 fully saturated rings. The Labute approximate surface area is 185 Å². The fourth-order valence-electron chi connectivity index (χ4n) is 4.99. The zero-order valence-electron chi connectivity index (χ0n) is 16.3. The van der Waals surface area contributed by atoms with Gasteiger partial charge in [0.25, 0.3) is 0 Å². The number of benzene rings is 4. The number of hydrogen-bond donors (Lipinski definition) is 0. The van der Waals surface area contributed by atoms with Gasteiger partial charge >= 0.3 is 0 Å². The first kappa shape index (κ1) is 18.2. The lowest BCUT2D eigenvalue weighted by atomic mass is 9.70. The van der Waals surface area contributed by atoms with Crippen LogP contribution in [0.5, 0.6) is 11.5 Å². The quantitative estimate of drug-likeness (QED) is 0.331. The topological polar surface area (TPSA) is 9.23 Å². The highest BCUT2D eigenvalue weighted by Crippen LogP contribution is 2.73. The van der Waals surface area contributed by atoms with E-state index in [0.29, 0.717) is 0 Å². The van der Waals surface area contributed by atoms with Gasteiger partial charge < -0.3 is 4.74 Å². The zero-order valence-corrected chi connectivity index (χ0v) is 18.0. The van der Waals surface area contributed by atoms with Gasteiger partial charge in [0.05, 0.1) is 9.49 Å². The molecule has 3 heteroatoms. The highest BCUT2D eigenvalue weighted by atomic mass is 32.2. The molecule has 6 rings (SSSR count). The van der Waals surface area contributed by atoms with Gasteiger partial charge in [-0.3, -0.25) is 0 Å². The van der Waals surface area contributed by atoms with E-state index in [1.165, 1.54) is 22.3 Å². The lowest BCUT2D eigenvalue weighted by Gasteiger charge is -2.48. The van der Waals surface area contributed by atoms with Crippen molar-refractivity contribution < 1.29 is 4.74 Å². The normalized spacial score (nSPS) is 17.7. The van der Waals surface area contributed by atoms with Crippen molar-refractivity contribution in [3.8, 4) is 11.5 Å². The fourth-order valence-corrected chi connectivity index (χ4v) is 9.11. The molecule has 2 aliphatic rings. The summed E-state index contributed by atoms with van der Waals surface area (Å²) < 4.78 is 5.85. The van der Waals surface area contributed by atoms with Gasteiger partial charge in [0.2, 0.25) is 0 Å². The average molecular weight is 425 g/mol. The standard InChI is InChI=1S/C27H20OS2/c1-3-11-20(12-4-1)26(21-13-5-2-6-14-21)27(30-19-29-26)22-15-7-9-17-24(22)28-25-18-10-8-16-23(25)27/h1-18H,19H2. The van der Waals surface area contributed by atoms with E-state index in [-0.39, 0.29) is 9.49 Å². The summed E-state index contributed by atoms with van der Waals surface area (Å²) in [5.41, 5.74) is 5.17. The van der Waals surface area contributed by atoms with Gasteiger partial charge in [-0.2, -0.15) is 0 Å². The first-order valence-corrected chi connectivity index (χ1v) is 12.1. The highest BCUT2D eigenvalue weighted by molar-refractivity contribution is 8.20. The third-order valence-corrected chi connectivity index (χ3v) is 9.62. The minimum atomic E-state index is -0.286. The lowest BCUT2D eigenvalue weighted by molar-refractivity contribution is 0.420. The van der Waals surface area contributed by atoms with Crippen molar-refractivity contribution >= 4 is 23.5 Å². The van der Waals surface area contributed by atoms with Gasteiger partial charge in [-0.05, 0) is 23.3 Å². The minimum absolute atomic E-state index is 0.268. The van der Waals surface area contributed by atoms with E-state index < -0.39 is 0 Å². The predicted octanol–water partition coefficient (Wildman–Crippen LogP) is 7.42. The largest absolute Gasteiger partial charge is 0.457 e. The van der Waals surface area contributed by atoms with Crippen LogP contribution in [0.4, 0.5) is 0 Å². The molecule has 1 spiro atoms. The molecule has 2 heterocycles. The first-order chi connectivity index (χ1) is 14.9. The van der Waals surface area contributed by atoms with E-state index >= 15 is 0 Å². The fraction of sp³-hybridized carbons (Fsp3) is 0.111. The molecule has 0 atom stereocenters. The van der Waals surface area contributed by atoms with Crippen LogP contribution in [0.25, 0.3) is 0 Å². The molecule has 30 heavy (non-hydrogen) atoms. The van der Waals surface area contributed by atoms with Gasteiger partial charge in [-0.25, -0.2) is 0 Å². The SMILES string of the molecule is c1ccc(C2(c3ccccc3)SCSC23c2ccccc2Oc2ccccc23)cc1. The van der Waals surface area contributed by atoms with E-state index in [2.05, 4.69) is 109 Å². The van der Waals surface area contributed by atoms with Crippen LogP contribution in [0.1, 0.15) is 22.3 Å². The van der Waals surface area contributed by atoms with Gasteiger partial charge in [-0.15, -0.1) is 23.5 Å². The number of ether oxygens (including phenoxy) is 1. The van der Waals surface area contributed by atoms with Crippen molar-refractivity contribution in [2.75, 3.05) is 5.08 Å². The number of para-hydroxylation sites is 2. The molecule has 0 N–H and O–H groups in total. The maximum absolute atomic E-state index is 6.41. The summed E-state index contributed by atoms with van der Waals surface area (Å²) >= 11 is 4.07. The van der Waals surface area contributed by atoms with E-state index in [1.807, 2.05) is 23.5 Å². The number of thioether (sulfide) groups is 2. The van der Waals surface area contributed by atoms with Gasteiger partial charge in [0.1, 0.15) is 11.5 Å². The van der Waals surface area contributed by atoms with Crippen LogP contribution in [0.3, 0.4) is 0 Å². The molecule has 0 saturated carbocycles. The lowest BCUT2D eigenvalue weighted by Crippen LogP contribution is -2.45. The Morgan fingerprint density at radius 3 is 1.47 bits per heavy atom. The van der Waals surface area contributed by atoms with Crippen LogP contribution in [0.2, 0.25) is 0 Å². The molecule has 0 unspecified atom stereocenters. The molecule has 0 bridgehead atoms. The second kappa shape index (κ2) is 6.97. The zero-order chi connectivity index (χ0) is 20.0. The molecule has 2 aliphatic heterocycles. The number of fused-ring (bicyclic) bond motifs is 4. The molecule has 146 valence electrons. The van der Waals surface area contributed by atoms with Crippen molar-refractivity contribution in [2.45, 2.75) is 9.49 Å². The molecular formula is C27H20OS2. The second-order valence-corrected chi connectivity index (χ2v) is 10.3. The van der Waals surface area contributed by atoms with Gasteiger partial charge in [0, 0.05) is 16.2 Å². The average Bonchev–Trinajstić information content (AvgIpc) is 3.22. The molecule has 0 radical (unpaired) electrons. The maximum Gasteiger partial charge on any atom is 0.132 e. The monoisotopic (exact) mass is 424 g/mol. The van der Waals surface area contributed by atoms with Crippen LogP contribution in [-0.4, -0.2) is 5.08 Å². The summed E-state index contributed by atoms with van der Waals surface area (Å²) in [7, 11) is 0. The molecule has 4 aromatic carbocycles. The maximum atomic E-state index is 6.41. The van der Waals surface area contributed by atoms with Crippen LogP contribution >= 0.6 is 23.5 Å². The molecule has 0 aromatic heterocycles. The Morgan fingerprint density at radius 2 is 0.933 bits per heavy atom. The third-order valence-electron chi connectivity index (χ3n) is 6.16. The molecule has 4 aromatic rings. The van der Waals surface area contributed by atoms with Crippen molar-refractivity contribution in [1.82, 2.24) is 0 Å². The highest BCUT2D eigenvalue weighted by Gasteiger charge is 2.63. The molecule has 0 aliphatic carbocycles. The van der Waals surface area contributed by atoms with E-state index in [0.717, 1.165) is 16.6 Å². The molecule has 1 saturated heterocycles. The van der Waals surface area contributed by atoms with Crippen LogP contribution in [-0.2, 0) is 9.49 Å².